The number of fused-ring (bicyclic) bond motifs is 1. The third-order valence-electron chi connectivity index (χ3n) is 4.97. The average Bonchev–Trinajstić information content (AvgIpc) is 2.84. The Hall–Kier alpha value is -4.37. The molecule has 6 heteroatoms. The fourth-order valence-electron chi connectivity index (χ4n) is 3.24. The second-order valence-corrected chi connectivity index (χ2v) is 7.41. The molecule has 0 fully saturated rings. The maximum atomic E-state index is 11.3. The predicted octanol–water partition coefficient (Wildman–Crippen LogP) is 5.35. The molecule has 0 spiro atoms. The normalized spacial score (nSPS) is 10.2. The molecule has 4 rings (SSSR count). The molecule has 0 unspecified atom stereocenters. The van der Waals surface area contributed by atoms with E-state index in [9.17, 15) is 4.79 Å². The van der Waals surface area contributed by atoms with E-state index in [1.807, 2.05) is 80.6 Å². The van der Waals surface area contributed by atoms with Crippen molar-refractivity contribution in [2.45, 2.75) is 20.3 Å². The zero-order chi connectivity index (χ0) is 23.0. The molecule has 4 aromatic rings. The van der Waals surface area contributed by atoms with E-state index >= 15 is 0 Å². The highest BCUT2D eigenvalue weighted by molar-refractivity contribution is 5.91. The second kappa shape index (κ2) is 10.3. The van der Waals surface area contributed by atoms with E-state index in [4.69, 9.17) is 4.74 Å². The van der Waals surface area contributed by atoms with Gasteiger partial charge in [0.25, 0.3) is 0 Å². The lowest BCUT2D eigenvalue weighted by Gasteiger charge is -2.12. The van der Waals surface area contributed by atoms with Gasteiger partial charge in [0.15, 0.2) is 0 Å². The molecule has 0 radical (unpaired) electrons. The van der Waals surface area contributed by atoms with Crippen LogP contribution in [0.2, 0.25) is 0 Å². The molecule has 6 nitrogen and oxygen atoms in total. The van der Waals surface area contributed by atoms with E-state index in [0.29, 0.717) is 18.8 Å². The van der Waals surface area contributed by atoms with E-state index in [-0.39, 0.29) is 5.91 Å². The van der Waals surface area contributed by atoms with E-state index in [2.05, 4.69) is 32.4 Å². The van der Waals surface area contributed by atoms with Gasteiger partial charge in [-0.25, -0.2) is 9.97 Å². The number of hydrogen-bond donors (Lipinski definition) is 2. The quantitative estimate of drug-likeness (QED) is 0.399. The van der Waals surface area contributed by atoms with Gasteiger partial charge < -0.3 is 15.4 Å². The predicted molar refractivity (Wildman–Crippen MR) is 131 cm³/mol. The highest BCUT2D eigenvalue weighted by Crippen LogP contribution is 2.29. The van der Waals surface area contributed by atoms with Crippen molar-refractivity contribution in [1.29, 1.82) is 0 Å². The molecule has 0 bridgehead atoms. The molecule has 0 aliphatic rings. The van der Waals surface area contributed by atoms with Crippen molar-refractivity contribution in [1.82, 2.24) is 15.3 Å². The number of hydrogen-bond acceptors (Lipinski definition) is 5. The highest BCUT2D eigenvalue weighted by atomic mass is 16.5. The average molecular weight is 437 g/mol. The smallest absolute Gasteiger partial charge is 0.220 e. The molecule has 2 N–H and O–H groups in total. The Morgan fingerprint density at radius 1 is 1.03 bits per heavy atom. The standard InChI is InChI=1S/C27H24N4O2/c1-3-26(32)28-15-7-8-20-11-13-24-23(17-20)27(30-18-29-24)31-21-12-14-25(19(2)16-21)33-22-9-5-4-6-10-22/h4-6,9-14,16-18H,3,15H2,1-2H3,(H,28,32)(H,29,30,31). The number of anilines is 2. The Bertz CT molecular complexity index is 1340. The summed E-state index contributed by atoms with van der Waals surface area (Å²) in [6.07, 6.45) is 1.99. The first-order valence-corrected chi connectivity index (χ1v) is 10.7. The Kier molecular flexibility index (Phi) is 6.81. The summed E-state index contributed by atoms with van der Waals surface area (Å²) in [5.41, 5.74) is 3.54. The van der Waals surface area contributed by atoms with Gasteiger partial charge in [0.2, 0.25) is 5.91 Å². The van der Waals surface area contributed by atoms with Crippen LogP contribution < -0.4 is 15.4 Å². The minimum atomic E-state index is -0.0156. The molecule has 3 aromatic carbocycles. The Labute approximate surface area is 193 Å². The van der Waals surface area contributed by atoms with E-state index < -0.39 is 0 Å². The summed E-state index contributed by atoms with van der Waals surface area (Å²) in [5.74, 6) is 8.33. The number of aromatic nitrogens is 2. The third kappa shape index (κ3) is 5.66. The molecule has 0 saturated carbocycles. The van der Waals surface area contributed by atoms with Crippen molar-refractivity contribution < 1.29 is 9.53 Å². The number of ether oxygens (including phenoxy) is 1. The minimum absolute atomic E-state index is 0.0156. The van der Waals surface area contributed by atoms with Crippen LogP contribution >= 0.6 is 0 Å². The van der Waals surface area contributed by atoms with Gasteiger partial charge in [-0.15, -0.1) is 0 Å². The molecule has 0 aliphatic heterocycles. The minimum Gasteiger partial charge on any atom is -0.457 e. The van der Waals surface area contributed by atoms with Crippen LogP contribution in [0, 0.1) is 18.8 Å². The van der Waals surface area contributed by atoms with E-state index in [0.717, 1.165) is 39.2 Å². The molecular formula is C27H24N4O2. The number of carbonyl (C=O) groups is 1. The van der Waals surface area contributed by atoms with Crippen molar-refractivity contribution >= 4 is 28.3 Å². The van der Waals surface area contributed by atoms with Gasteiger partial charge in [-0.3, -0.25) is 4.79 Å². The Balaban J connectivity index is 1.54. The van der Waals surface area contributed by atoms with Crippen molar-refractivity contribution in [3.8, 4) is 23.3 Å². The van der Waals surface area contributed by atoms with Crippen LogP contribution in [0.25, 0.3) is 10.9 Å². The van der Waals surface area contributed by atoms with Crippen LogP contribution in [-0.4, -0.2) is 22.4 Å². The summed E-state index contributed by atoms with van der Waals surface area (Å²) in [4.78, 5) is 20.1. The summed E-state index contributed by atoms with van der Waals surface area (Å²) in [6, 6.07) is 21.4. The van der Waals surface area contributed by atoms with Gasteiger partial charge in [0.1, 0.15) is 23.6 Å². The van der Waals surface area contributed by atoms with Crippen LogP contribution in [0.4, 0.5) is 11.5 Å². The monoisotopic (exact) mass is 436 g/mol. The number of aryl methyl sites for hydroxylation is 1. The number of carbonyl (C=O) groups excluding carboxylic acids is 1. The molecule has 0 saturated heterocycles. The molecule has 0 aliphatic carbocycles. The van der Waals surface area contributed by atoms with Crippen molar-refractivity contribution in [2.24, 2.45) is 0 Å². The lowest BCUT2D eigenvalue weighted by Crippen LogP contribution is -2.22. The van der Waals surface area contributed by atoms with E-state index in [1.165, 1.54) is 6.33 Å². The van der Waals surface area contributed by atoms with Crippen molar-refractivity contribution in [3.05, 3.63) is 84.2 Å². The van der Waals surface area contributed by atoms with Gasteiger partial charge in [0, 0.05) is 23.1 Å². The lowest BCUT2D eigenvalue weighted by molar-refractivity contribution is -0.120. The van der Waals surface area contributed by atoms with Gasteiger partial charge in [0.05, 0.1) is 12.1 Å². The third-order valence-corrected chi connectivity index (χ3v) is 4.97. The molecule has 33 heavy (non-hydrogen) atoms. The van der Waals surface area contributed by atoms with E-state index in [1.54, 1.807) is 0 Å². The summed E-state index contributed by atoms with van der Waals surface area (Å²) in [6.45, 7) is 4.14. The lowest BCUT2D eigenvalue weighted by atomic mass is 10.1. The fourth-order valence-corrected chi connectivity index (χ4v) is 3.24. The van der Waals surface area contributed by atoms with Crippen molar-refractivity contribution in [3.63, 3.8) is 0 Å². The van der Waals surface area contributed by atoms with Crippen LogP contribution in [-0.2, 0) is 4.79 Å². The first kappa shape index (κ1) is 21.8. The Morgan fingerprint density at radius 2 is 1.88 bits per heavy atom. The number of nitrogens with zero attached hydrogens (tertiary/aromatic N) is 2. The molecular weight excluding hydrogens is 412 g/mol. The number of nitrogens with one attached hydrogen (secondary N) is 2. The largest absolute Gasteiger partial charge is 0.457 e. The maximum Gasteiger partial charge on any atom is 0.220 e. The summed E-state index contributed by atoms with van der Waals surface area (Å²) < 4.78 is 5.97. The molecule has 1 heterocycles. The highest BCUT2D eigenvalue weighted by Gasteiger charge is 2.07. The molecule has 0 atom stereocenters. The first-order valence-electron chi connectivity index (χ1n) is 10.7. The number of benzene rings is 3. The zero-order valence-electron chi connectivity index (χ0n) is 18.6. The molecule has 1 amide bonds. The van der Waals surface area contributed by atoms with Crippen LogP contribution in [0.1, 0.15) is 24.5 Å². The van der Waals surface area contributed by atoms with Gasteiger partial charge >= 0.3 is 0 Å². The Morgan fingerprint density at radius 3 is 2.67 bits per heavy atom. The van der Waals surface area contributed by atoms with Gasteiger partial charge in [-0.2, -0.15) is 0 Å². The number of para-hydroxylation sites is 1. The molecule has 164 valence electrons. The van der Waals surface area contributed by atoms with Crippen molar-refractivity contribution in [2.75, 3.05) is 11.9 Å². The van der Waals surface area contributed by atoms with Crippen LogP contribution in [0.5, 0.6) is 11.5 Å². The van der Waals surface area contributed by atoms with Gasteiger partial charge in [-0.1, -0.05) is 37.0 Å². The first-order chi connectivity index (χ1) is 16.1. The zero-order valence-corrected chi connectivity index (χ0v) is 18.6. The van der Waals surface area contributed by atoms with Crippen LogP contribution in [0.15, 0.2) is 73.1 Å². The number of amides is 1. The second-order valence-electron chi connectivity index (χ2n) is 7.41. The molecule has 1 aromatic heterocycles. The fraction of sp³-hybridized carbons (Fsp3) is 0.148. The van der Waals surface area contributed by atoms with Gasteiger partial charge in [-0.05, 0) is 61.0 Å². The summed E-state index contributed by atoms with van der Waals surface area (Å²) in [5, 5.41) is 7.00. The SMILES string of the molecule is CCC(=O)NCC#Cc1ccc2ncnc(Nc3ccc(Oc4ccccc4)c(C)c3)c2c1. The maximum absolute atomic E-state index is 11.3. The number of rotatable bonds is 6. The van der Waals surface area contributed by atoms with Crippen LogP contribution in [0.3, 0.4) is 0 Å². The summed E-state index contributed by atoms with van der Waals surface area (Å²) >= 11 is 0. The summed E-state index contributed by atoms with van der Waals surface area (Å²) in [7, 11) is 0. The topological polar surface area (TPSA) is 76.1 Å².